The van der Waals surface area contributed by atoms with E-state index in [0.29, 0.717) is 6.04 Å². The lowest BCUT2D eigenvalue weighted by atomic mass is 10.1. The molecule has 0 amide bonds. The van der Waals surface area contributed by atoms with E-state index < -0.39 is 0 Å². The Hall–Kier alpha value is -0.540. The molecule has 0 atom stereocenters. The fourth-order valence-corrected chi connectivity index (χ4v) is 3.76. The van der Waals surface area contributed by atoms with Gasteiger partial charge in [-0.2, -0.15) is 0 Å². The van der Waals surface area contributed by atoms with Gasteiger partial charge in [-0.1, -0.05) is 38.7 Å². The molecule has 0 aliphatic heterocycles. The first-order valence-electron chi connectivity index (χ1n) is 7.94. The highest BCUT2D eigenvalue weighted by molar-refractivity contribution is 9.10. The van der Waals surface area contributed by atoms with Gasteiger partial charge >= 0.3 is 0 Å². The van der Waals surface area contributed by atoms with E-state index in [4.69, 9.17) is 0 Å². The van der Waals surface area contributed by atoms with Crippen LogP contribution in [0.1, 0.15) is 51.0 Å². The molecule has 0 heterocycles. The number of nitrogens with zero attached hydrogens (tertiary/aromatic N) is 1. The molecule has 20 heavy (non-hydrogen) atoms. The molecule has 0 unspecified atom stereocenters. The van der Waals surface area contributed by atoms with Crippen LogP contribution in [0.2, 0.25) is 0 Å². The van der Waals surface area contributed by atoms with Gasteiger partial charge in [-0.15, -0.1) is 0 Å². The van der Waals surface area contributed by atoms with Crippen LogP contribution in [0.25, 0.3) is 0 Å². The van der Waals surface area contributed by atoms with Crippen molar-refractivity contribution in [2.24, 2.45) is 0 Å². The standard InChI is InChI=1S/C17H27BrN2/c1-3-19-13-14-10-11-17(16(18)12-14)20(2)15-8-6-4-5-7-9-15/h10-12,15,19H,3-9,13H2,1-2H3. The molecule has 1 aliphatic rings. The van der Waals surface area contributed by atoms with E-state index in [9.17, 15) is 0 Å². The SMILES string of the molecule is CCNCc1ccc(N(C)C2CCCCCC2)c(Br)c1. The molecule has 0 radical (unpaired) electrons. The van der Waals surface area contributed by atoms with Crippen LogP contribution in [0.4, 0.5) is 5.69 Å². The smallest absolute Gasteiger partial charge is 0.0510 e. The molecule has 2 rings (SSSR count). The summed E-state index contributed by atoms with van der Waals surface area (Å²) in [4.78, 5) is 2.48. The fourth-order valence-electron chi connectivity index (χ4n) is 3.06. The molecular formula is C17H27BrN2. The van der Waals surface area contributed by atoms with Gasteiger partial charge in [0.15, 0.2) is 0 Å². The first-order chi connectivity index (χ1) is 9.72. The van der Waals surface area contributed by atoms with Gasteiger partial charge in [0.05, 0.1) is 5.69 Å². The van der Waals surface area contributed by atoms with Crippen LogP contribution in [0.15, 0.2) is 22.7 Å². The second-order valence-corrected chi connectivity index (χ2v) is 6.68. The van der Waals surface area contributed by atoms with Crippen molar-refractivity contribution in [1.29, 1.82) is 0 Å². The molecule has 2 nitrogen and oxygen atoms in total. The Labute approximate surface area is 132 Å². The Morgan fingerprint density at radius 2 is 1.90 bits per heavy atom. The maximum atomic E-state index is 3.76. The largest absolute Gasteiger partial charge is 0.371 e. The Kier molecular flexibility index (Phi) is 6.37. The molecule has 0 bridgehead atoms. The second kappa shape index (κ2) is 8.04. The minimum Gasteiger partial charge on any atom is -0.371 e. The summed E-state index contributed by atoms with van der Waals surface area (Å²) >= 11 is 3.76. The van der Waals surface area contributed by atoms with E-state index in [-0.39, 0.29) is 0 Å². The van der Waals surface area contributed by atoms with E-state index in [0.717, 1.165) is 13.1 Å². The predicted molar refractivity (Wildman–Crippen MR) is 91.4 cm³/mol. The predicted octanol–water partition coefficient (Wildman–Crippen LogP) is 4.72. The first kappa shape index (κ1) is 15.8. The van der Waals surface area contributed by atoms with E-state index in [1.807, 2.05) is 0 Å². The van der Waals surface area contributed by atoms with Crippen LogP contribution in [-0.4, -0.2) is 19.6 Å². The van der Waals surface area contributed by atoms with Crippen LogP contribution in [0, 0.1) is 0 Å². The van der Waals surface area contributed by atoms with Gasteiger partial charge in [0.2, 0.25) is 0 Å². The summed E-state index contributed by atoms with van der Waals surface area (Å²) in [6.45, 7) is 4.10. The molecule has 112 valence electrons. The summed E-state index contributed by atoms with van der Waals surface area (Å²) in [6.07, 6.45) is 8.25. The number of hydrogen-bond acceptors (Lipinski definition) is 2. The third-order valence-electron chi connectivity index (χ3n) is 4.34. The zero-order valence-electron chi connectivity index (χ0n) is 12.8. The van der Waals surface area contributed by atoms with E-state index in [1.54, 1.807) is 0 Å². The second-order valence-electron chi connectivity index (χ2n) is 5.82. The molecule has 1 fully saturated rings. The summed E-state index contributed by atoms with van der Waals surface area (Å²) in [7, 11) is 2.25. The number of hydrogen-bond donors (Lipinski definition) is 1. The molecule has 1 aromatic rings. The average Bonchev–Trinajstić information content (AvgIpc) is 2.73. The van der Waals surface area contributed by atoms with Gasteiger partial charge in [0.25, 0.3) is 0 Å². The maximum absolute atomic E-state index is 3.76. The van der Waals surface area contributed by atoms with Crippen LogP contribution in [0.5, 0.6) is 0 Å². The zero-order chi connectivity index (χ0) is 14.4. The van der Waals surface area contributed by atoms with Crippen molar-refractivity contribution in [2.75, 3.05) is 18.5 Å². The summed E-state index contributed by atoms with van der Waals surface area (Å²) in [6, 6.07) is 7.47. The highest BCUT2D eigenvalue weighted by Gasteiger charge is 2.18. The van der Waals surface area contributed by atoms with Gasteiger partial charge in [-0.25, -0.2) is 0 Å². The number of benzene rings is 1. The first-order valence-corrected chi connectivity index (χ1v) is 8.73. The molecule has 1 N–H and O–H groups in total. The summed E-state index contributed by atoms with van der Waals surface area (Å²) in [5, 5.41) is 3.38. The lowest BCUT2D eigenvalue weighted by Crippen LogP contribution is -2.31. The molecule has 1 aliphatic carbocycles. The lowest BCUT2D eigenvalue weighted by Gasteiger charge is -2.30. The number of anilines is 1. The molecule has 0 saturated heterocycles. The van der Waals surface area contributed by atoms with Crippen LogP contribution >= 0.6 is 15.9 Å². The fraction of sp³-hybridized carbons (Fsp3) is 0.647. The highest BCUT2D eigenvalue weighted by Crippen LogP contribution is 2.31. The van der Waals surface area contributed by atoms with E-state index in [2.05, 4.69) is 58.3 Å². The van der Waals surface area contributed by atoms with E-state index >= 15 is 0 Å². The summed E-state index contributed by atoms with van der Waals surface area (Å²) in [5.41, 5.74) is 2.67. The number of rotatable bonds is 5. The van der Waals surface area contributed by atoms with Crippen molar-refractivity contribution in [2.45, 2.75) is 58.0 Å². The van der Waals surface area contributed by atoms with E-state index in [1.165, 1.54) is 54.2 Å². The van der Waals surface area contributed by atoms with Crippen LogP contribution in [-0.2, 0) is 6.54 Å². The minimum absolute atomic E-state index is 0.702. The Bertz CT molecular complexity index is 411. The molecular weight excluding hydrogens is 312 g/mol. The van der Waals surface area contributed by atoms with Gasteiger partial charge in [0, 0.05) is 24.1 Å². The van der Waals surface area contributed by atoms with Crippen LogP contribution in [0.3, 0.4) is 0 Å². The highest BCUT2D eigenvalue weighted by atomic mass is 79.9. The summed E-state index contributed by atoms with van der Waals surface area (Å²) < 4.78 is 1.22. The molecule has 3 heteroatoms. The average molecular weight is 339 g/mol. The van der Waals surface area contributed by atoms with Crippen LogP contribution < -0.4 is 10.2 Å². The number of nitrogens with one attached hydrogen (secondary N) is 1. The van der Waals surface area contributed by atoms with Gasteiger partial charge in [0.1, 0.15) is 0 Å². The molecule has 1 saturated carbocycles. The van der Waals surface area contributed by atoms with Crippen molar-refractivity contribution in [1.82, 2.24) is 5.32 Å². The number of halogens is 1. The molecule has 0 aromatic heterocycles. The molecule has 1 aromatic carbocycles. The van der Waals surface area contributed by atoms with Gasteiger partial charge in [-0.05, 0) is 53.0 Å². The van der Waals surface area contributed by atoms with Crippen molar-refractivity contribution in [3.63, 3.8) is 0 Å². The Morgan fingerprint density at radius 3 is 2.50 bits per heavy atom. The monoisotopic (exact) mass is 338 g/mol. The third kappa shape index (κ3) is 4.23. The van der Waals surface area contributed by atoms with Crippen molar-refractivity contribution < 1.29 is 0 Å². The maximum Gasteiger partial charge on any atom is 0.0510 e. The zero-order valence-corrected chi connectivity index (χ0v) is 14.4. The molecule has 0 spiro atoms. The normalized spacial score (nSPS) is 16.9. The van der Waals surface area contributed by atoms with Crippen molar-refractivity contribution in [3.05, 3.63) is 28.2 Å². The van der Waals surface area contributed by atoms with Crippen molar-refractivity contribution in [3.8, 4) is 0 Å². The topological polar surface area (TPSA) is 15.3 Å². The Morgan fingerprint density at radius 1 is 1.20 bits per heavy atom. The Balaban J connectivity index is 2.06. The summed E-state index contributed by atoms with van der Waals surface area (Å²) in [5.74, 6) is 0. The third-order valence-corrected chi connectivity index (χ3v) is 4.98. The quantitative estimate of drug-likeness (QED) is 0.781. The minimum atomic E-state index is 0.702. The van der Waals surface area contributed by atoms with Gasteiger partial charge < -0.3 is 10.2 Å². The lowest BCUT2D eigenvalue weighted by molar-refractivity contribution is 0.552. The van der Waals surface area contributed by atoms with Crippen molar-refractivity contribution >= 4 is 21.6 Å². The van der Waals surface area contributed by atoms with Gasteiger partial charge in [-0.3, -0.25) is 0 Å².